The summed E-state index contributed by atoms with van der Waals surface area (Å²) < 4.78 is 17.0. The summed E-state index contributed by atoms with van der Waals surface area (Å²) >= 11 is 0. The summed E-state index contributed by atoms with van der Waals surface area (Å²) in [5.74, 6) is -1.41. The molecule has 3 rings (SSSR count). The molecule has 0 aliphatic carbocycles. The van der Waals surface area contributed by atoms with Crippen LogP contribution in [-0.4, -0.2) is 35.5 Å². The molecular formula is C20H22O6. The van der Waals surface area contributed by atoms with E-state index in [0.717, 1.165) is 0 Å². The fraction of sp³-hybridized carbons (Fsp3) is 0.450. The topological polar surface area (TPSA) is 78.9 Å². The van der Waals surface area contributed by atoms with Crippen molar-refractivity contribution >= 4 is 17.7 Å². The van der Waals surface area contributed by atoms with Crippen LogP contribution in [0.25, 0.3) is 0 Å². The second kappa shape index (κ2) is 6.27. The number of allylic oxidation sites excluding steroid dienone is 2. The predicted molar refractivity (Wildman–Crippen MR) is 92.8 cm³/mol. The van der Waals surface area contributed by atoms with Crippen molar-refractivity contribution in [3.8, 4) is 0 Å². The number of rotatable bonds is 2. The molecule has 0 spiro atoms. The average Bonchev–Trinajstić information content (AvgIpc) is 3.03. The molecule has 3 aliphatic rings. The summed E-state index contributed by atoms with van der Waals surface area (Å²) in [7, 11) is 0. The van der Waals surface area contributed by atoms with Crippen LogP contribution in [-0.2, 0) is 28.6 Å². The van der Waals surface area contributed by atoms with Gasteiger partial charge in [-0.15, -0.1) is 0 Å². The zero-order valence-corrected chi connectivity index (χ0v) is 15.2. The zero-order chi connectivity index (χ0) is 19.2. The molecule has 138 valence electrons. The molecule has 6 heteroatoms. The first-order valence-corrected chi connectivity index (χ1v) is 8.53. The van der Waals surface area contributed by atoms with Gasteiger partial charge >= 0.3 is 11.9 Å². The highest BCUT2D eigenvalue weighted by atomic mass is 16.6. The number of ketones is 1. The number of hydrogen-bond donors (Lipinski definition) is 0. The number of fused-ring (bicyclic) bond motifs is 3. The van der Waals surface area contributed by atoms with Crippen molar-refractivity contribution in [1.29, 1.82) is 0 Å². The normalized spacial score (nSPS) is 34.2. The molecule has 0 radical (unpaired) electrons. The summed E-state index contributed by atoms with van der Waals surface area (Å²) in [5, 5.41) is 0. The first-order chi connectivity index (χ1) is 12.2. The second-order valence-electron chi connectivity index (χ2n) is 7.13. The molecule has 3 heterocycles. The number of carbonyl (C=O) groups is 3. The predicted octanol–water partition coefficient (Wildman–Crippen LogP) is 2.55. The Hall–Kier alpha value is -2.63. The summed E-state index contributed by atoms with van der Waals surface area (Å²) in [6.07, 6.45) is 2.08. The Morgan fingerprint density at radius 3 is 2.73 bits per heavy atom. The first kappa shape index (κ1) is 18.2. The van der Waals surface area contributed by atoms with Crippen LogP contribution in [0.1, 0.15) is 33.6 Å². The minimum Gasteiger partial charge on any atom is -0.479 e. The van der Waals surface area contributed by atoms with Gasteiger partial charge in [0.25, 0.3) is 0 Å². The first-order valence-electron chi connectivity index (χ1n) is 8.53. The van der Waals surface area contributed by atoms with Crippen molar-refractivity contribution in [2.75, 3.05) is 0 Å². The minimum atomic E-state index is -1.19. The SMILES string of the molecule is C=C1CC2OC(=O)C(=C)C2C(OC(=O)C(C)=CC)CC2(C)OC1=CC2=O. The van der Waals surface area contributed by atoms with Gasteiger partial charge in [-0.3, -0.25) is 4.79 Å². The van der Waals surface area contributed by atoms with E-state index in [1.54, 1.807) is 26.8 Å². The van der Waals surface area contributed by atoms with Crippen LogP contribution in [0.5, 0.6) is 0 Å². The van der Waals surface area contributed by atoms with Crippen LogP contribution in [0.4, 0.5) is 0 Å². The Balaban J connectivity index is 2.02. The molecule has 3 aliphatic heterocycles. The van der Waals surface area contributed by atoms with Crippen molar-refractivity contribution < 1.29 is 28.6 Å². The van der Waals surface area contributed by atoms with Crippen LogP contribution in [0.3, 0.4) is 0 Å². The Labute approximate surface area is 152 Å². The summed E-state index contributed by atoms with van der Waals surface area (Å²) in [4.78, 5) is 36.9. The van der Waals surface area contributed by atoms with Crippen LogP contribution in [0.2, 0.25) is 0 Å². The van der Waals surface area contributed by atoms with Gasteiger partial charge in [-0.25, -0.2) is 9.59 Å². The fourth-order valence-corrected chi connectivity index (χ4v) is 3.51. The highest BCUT2D eigenvalue weighted by molar-refractivity contribution is 6.00. The van der Waals surface area contributed by atoms with E-state index in [1.165, 1.54) is 6.08 Å². The molecule has 6 nitrogen and oxygen atoms in total. The molecule has 0 aromatic heterocycles. The van der Waals surface area contributed by atoms with Crippen molar-refractivity contribution in [2.24, 2.45) is 5.92 Å². The molecule has 4 atom stereocenters. The van der Waals surface area contributed by atoms with E-state index in [9.17, 15) is 14.4 Å². The molecule has 2 fully saturated rings. The average molecular weight is 358 g/mol. The Bertz CT molecular complexity index is 786. The largest absolute Gasteiger partial charge is 0.479 e. The van der Waals surface area contributed by atoms with Crippen LogP contribution >= 0.6 is 0 Å². The molecule has 2 saturated heterocycles. The fourth-order valence-electron chi connectivity index (χ4n) is 3.51. The maximum Gasteiger partial charge on any atom is 0.334 e. The number of ether oxygens (including phenoxy) is 3. The van der Waals surface area contributed by atoms with E-state index in [2.05, 4.69) is 13.2 Å². The lowest BCUT2D eigenvalue weighted by Crippen LogP contribution is -2.43. The summed E-state index contributed by atoms with van der Waals surface area (Å²) in [5.41, 5.74) is 0.0514. The van der Waals surface area contributed by atoms with Crippen LogP contribution < -0.4 is 0 Å². The standard InChI is InChI=1S/C20H22O6/c1-6-10(2)18(22)25-15-9-20(5)16(21)8-13(26-20)11(3)7-14-17(15)12(4)19(23)24-14/h6,8,14-15,17H,3-4,7,9H2,1-2,5H3. The maximum absolute atomic E-state index is 12.5. The smallest absolute Gasteiger partial charge is 0.334 e. The van der Waals surface area contributed by atoms with Gasteiger partial charge in [-0.2, -0.15) is 0 Å². The quantitative estimate of drug-likeness (QED) is 0.558. The molecule has 0 amide bonds. The molecular weight excluding hydrogens is 336 g/mol. The second-order valence-corrected chi connectivity index (χ2v) is 7.13. The van der Waals surface area contributed by atoms with Gasteiger partial charge in [-0.1, -0.05) is 19.2 Å². The van der Waals surface area contributed by atoms with E-state index < -0.39 is 35.7 Å². The Morgan fingerprint density at radius 2 is 2.08 bits per heavy atom. The van der Waals surface area contributed by atoms with E-state index in [4.69, 9.17) is 14.2 Å². The monoisotopic (exact) mass is 358 g/mol. The van der Waals surface area contributed by atoms with E-state index >= 15 is 0 Å². The molecule has 4 unspecified atom stereocenters. The van der Waals surface area contributed by atoms with Crippen molar-refractivity contribution in [2.45, 2.75) is 51.4 Å². The zero-order valence-electron chi connectivity index (χ0n) is 15.2. The molecule has 0 aromatic rings. The highest BCUT2D eigenvalue weighted by Crippen LogP contribution is 2.44. The lowest BCUT2D eigenvalue weighted by Gasteiger charge is -2.31. The van der Waals surface area contributed by atoms with E-state index in [1.807, 2.05) is 0 Å². The molecule has 0 N–H and O–H groups in total. The van der Waals surface area contributed by atoms with Crippen molar-refractivity contribution in [3.05, 3.63) is 47.8 Å². The molecule has 26 heavy (non-hydrogen) atoms. The number of hydrogen-bond acceptors (Lipinski definition) is 6. The third-order valence-electron chi connectivity index (χ3n) is 5.24. The Kier molecular flexibility index (Phi) is 4.38. The summed E-state index contributed by atoms with van der Waals surface area (Å²) in [6.45, 7) is 12.8. The van der Waals surface area contributed by atoms with Gasteiger partial charge in [0.05, 0.1) is 5.92 Å². The molecule has 2 bridgehead atoms. The molecule has 0 saturated carbocycles. The number of esters is 2. The third kappa shape index (κ3) is 2.89. The van der Waals surface area contributed by atoms with Gasteiger partial charge in [0.1, 0.15) is 18.0 Å². The lowest BCUT2D eigenvalue weighted by atomic mass is 9.81. The van der Waals surface area contributed by atoms with Gasteiger partial charge in [-0.05, 0) is 26.3 Å². The number of carbonyl (C=O) groups excluding carboxylic acids is 3. The van der Waals surface area contributed by atoms with Crippen molar-refractivity contribution in [3.63, 3.8) is 0 Å². The van der Waals surface area contributed by atoms with Gasteiger partial charge < -0.3 is 14.2 Å². The van der Waals surface area contributed by atoms with Gasteiger partial charge in [0, 0.05) is 30.1 Å². The van der Waals surface area contributed by atoms with E-state index in [0.29, 0.717) is 16.9 Å². The van der Waals surface area contributed by atoms with Gasteiger partial charge in [0.15, 0.2) is 5.60 Å². The maximum atomic E-state index is 12.5. The summed E-state index contributed by atoms with van der Waals surface area (Å²) in [6, 6.07) is 0. The molecule has 0 aromatic carbocycles. The van der Waals surface area contributed by atoms with Crippen molar-refractivity contribution in [1.82, 2.24) is 0 Å². The highest BCUT2D eigenvalue weighted by Gasteiger charge is 2.52. The Morgan fingerprint density at radius 1 is 1.38 bits per heavy atom. The van der Waals surface area contributed by atoms with Crippen LogP contribution in [0, 0.1) is 5.92 Å². The van der Waals surface area contributed by atoms with Gasteiger partial charge in [0.2, 0.25) is 5.78 Å². The van der Waals surface area contributed by atoms with E-state index in [-0.39, 0.29) is 24.2 Å². The minimum absolute atomic E-state index is 0.0959. The van der Waals surface area contributed by atoms with Crippen LogP contribution in [0.15, 0.2) is 47.8 Å². The third-order valence-corrected chi connectivity index (χ3v) is 5.24. The lowest BCUT2D eigenvalue weighted by molar-refractivity contribution is -0.153.